The smallest absolute Gasteiger partial charge is 0.0840 e. The minimum absolute atomic E-state index is 0.785. The zero-order valence-corrected chi connectivity index (χ0v) is 9.96. The number of nitrogens with zero attached hydrogens (tertiary/aromatic N) is 1. The molecule has 0 radical (unpaired) electrons. The minimum Gasteiger partial charge on any atom is -0.314 e. The van der Waals surface area contributed by atoms with Crippen molar-refractivity contribution in [2.24, 2.45) is 0 Å². The van der Waals surface area contributed by atoms with Gasteiger partial charge in [-0.2, -0.15) is 5.10 Å². The van der Waals surface area contributed by atoms with Crippen molar-refractivity contribution in [2.75, 3.05) is 7.05 Å². The van der Waals surface area contributed by atoms with Crippen LogP contribution in [0.2, 0.25) is 0 Å². The van der Waals surface area contributed by atoms with E-state index in [0.717, 1.165) is 17.9 Å². The first-order valence-corrected chi connectivity index (χ1v) is 5.48. The van der Waals surface area contributed by atoms with Crippen LogP contribution in [0.1, 0.15) is 17.0 Å². The van der Waals surface area contributed by atoms with Crippen molar-refractivity contribution in [2.45, 2.75) is 20.4 Å². The molecule has 2 N–H and O–H groups in total. The number of aromatic nitrogens is 2. The van der Waals surface area contributed by atoms with E-state index in [-0.39, 0.29) is 0 Å². The fourth-order valence-corrected chi connectivity index (χ4v) is 1.88. The molecular formula is C13H17N3. The Morgan fingerprint density at radius 3 is 2.50 bits per heavy atom. The number of aryl methyl sites for hydroxylation is 2. The molecular weight excluding hydrogens is 198 g/mol. The van der Waals surface area contributed by atoms with Gasteiger partial charge in [-0.3, -0.25) is 5.10 Å². The quantitative estimate of drug-likeness (QED) is 0.825. The second kappa shape index (κ2) is 4.49. The van der Waals surface area contributed by atoms with Crippen LogP contribution in [-0.4, -0.2) is 17.2 Å². The average Bonchev–Trinajstić information content (AvgIpc) is 2.62. The second-order valence-corrected chi connectivity index (χ2v) is 4.07. The van der Waals surface area contributed by atoms with Crippen molar-refractivity contribution in [1.29, 1.82) is 0 Å². The van der Waals surface area contributed by atoms with E-state index in [9.17, 15) is 0 Å². The molecule has 3 heteroatoms. The van der Waals surface area contributed by atoms with Crippen LogP contribution in [0.3, 0.4) is 0 Å². The van der Waals surface area contributed by atoms with E-state index >= 15 is 0 Å². The molecule has 0 aliphatic rings. The van der Waals surface area contributed by atoms with Crippen molar-refractivity contribution >= 4 is 0 Å². The zero-order valence-electron chi connectivity index (χ0n) is 9.96. The zero-order chi connectivity index (χ0) is 11.5. The molecule has 1 aromatic heterocycles. The molecule has 0 spiro atoms. The molecule has 84 valence electrons. The molecule has 2 aromatic rings. The number of hydrogen-bond acceptors (Lipinski definition) is 2. The lowest BCUT2D eigenvalue weighted by Gasteiger charge is -2.04. The molecule has 0 fully saturated rings. The van der Waals surface area contributed by atoms with Gasteiger partial charge in [0.05, 0.1) is 5.69 Å². The van der Waals surface area contributed by atoms with Crippen LogP contribution < -0.4 is 5.32 Å². The molecule has 1 aromatic carbocycles. The number of H-pyrrole nitrogens is 1. The van der Waals surface area contributed by atoms with Gasteiger partial charge >= 0.3 is 0 Å². The highest BCUT2D eigenvalue weighted by atomic mass is 15.1. The van der Waals surface area contributed by atoms with Crippen molar-refractivity contribution in [3.8, 4) is 11.1 Å². The predicted molar refractivity (Wildman–Crippen MR) is 66.3 cm³/mol. The van der Waals surface area contributed by atoms with Gasteiger partial charge in [0, 0.05) is 17.8 Å². The summed E-state index contributed by atoms with van der Waals surface area (Å²) in [4.78, 5) is 0. The van der Waals surface area contributed by atoms with Gasteiger partial charge in [-0.25, -0.2) is 0 Å². The van der Waals surface area contributed by atoms with E-state index < -0.39 is 0 Å². The van der Waals surface area contributed by atoms with Crippen LogP contribution >= 0.6 is 0 Å². The largest absolute Gasteiger partial charge is 0.314 e. The second-order valence-electron chi connectivity index (χ2n) is 4.07. The lowest BCUT2D eigenvalue weighted by atomic mass is 10.0. The molecule has 3 nitrogen and oxygen atoms in total. The van der Waals surface area contributed by atoms with Crippen molar-refractivity contribution in [1.82, 2.24) is 15.5 Å². The van der Waals surface area contributed by atoms with Crippen molar-refractivity contribution in [3.63, 3.8) is 0 Å². The van der Waals surface area contributed by atoms with Gasteiger partial charge in [-0.1, -0.05) is 29.8 Å². The molecule has 0 bridgehead atoms. The Kier molecular flexibility index (Phi) is 3.06. The van der Waals surface area contributed by atoms with Crippen LogP contribution in [0.5, 0.6) is 0 Å². The van der Waals surface area contributed by atoms with Gasteiger partial charge in [0.1, 0.15) is 0 Å². The maximum Gasteiger partial charge on any atom is 0.0840 e. The molecule has 0 amide bonds. The minimum atomic E-state index is 0.785. The third kappa shape index (κ3) is 1.99. The number of benzene rings is 1. The van der Waals surface area contributed by atoms with Crippen LogP contribution in [-0.2, 0) is 6.54 Å². The highest BCUT2D eigenvalue weighted by molar-refractivity contribution is 5.68. The lowest BCUT2D eigenvalue weighted by molar-refractivity contribution is 0.785. The Morgan fingerprint density at radius 2 is 1.88 bits per heavy atom. The summed E-state index contributed by atoms with van der Waals surface area (Å²) in [7, 11) is 1.93. The Morgan fingerprint density at radius 1 is 1.19 bits per heavy atom. The van der Waals surface area contributed by atoms with Crippen LogP contribution in [0.15, 0.2) is 24.3 Å². The summed E-state index contributed by atoms with van der Waals surface area (Å²) < 4.78 is 0. The standard InChI is InChI=1S/C13H17N3/c1-9-4-6-11(7-5-9)13-10(2)15-16-12(13)8-14-3/h4-7,14H,8H2,1-3H3,(H,15,16). The summed E-state index contributed by atoms with van der Waals surface area (Å²) >= 11 is 0. The highest BCUT2D eigenvalue weighted by Crippen LogP contribution is 2.25. The summed E-state index contributed by atoms with van der Waals surface area (Å²) in [5, 5.41) is 10.5. The Bertz CT molecular complexity index is 468. The third-order valence-electron chi connectivity index (χ3n) is 2.71. The number of hydrogen-bond donors (Lipinski definition) is 2. The molecule has 0 saturated heterocycles. The van der Waals surface area contributed by atoms with Crippen molar-refractivity contribution in [3.05, 3.63) is 41.2 Å². The Labute approximate surface area is 95.9 Å². The third-order valence-corrected chi connectivity index (χ3v) is 2.71. The van der Waals surface area contributed by atoms with Gasteiger partial charge in [-0.15, -0.1) is 0 Å². The molecule has 0 unspecified atom stereocenters. The first-order chi connectivity index (χ1) is 7.72. The van der Waals surface area contributed by atoms with E-state index in [0.29, 0.717) is 0 Å². The maximum atomic E-state index is 4.32. The molecule has 2 rings (SSSR count). The predicted octanol–water partition coefficient (Wildman–Crippen LogP) is 2.41. The molecule has 0 aliphatic carbocycles. The van der Waals surface area contributed by atoms with Gasteiger partial charge in [0.25, 0.3) is 0 Å². The monoisotopic (exact) mass is 215 g/mol. The molecule has 0 atom stereocenters. The Hall–Kier alpha value is -1.61. The average molecular weight is 215 g/mol. The van der Waals surface area contributed by atoms with Gasteiger partial charge < -0.3 is 5.32 Å². The first kappa shape index (κ1) is 10.9. The van der Waals surface area contributed by atoms with Gasteiger partial charge in [-0.05, 0) is 26.5 Å². The number of nitrogens with one attached hydrogen (secondary N) is 2. The highest BCUT2D eigenvalue weighted by Gasteiger charge is 2.11. The van der Waals surface area contributed by atoms with E-state index in [1.807, 2.05) is 7.05 Å². The number of rotatable bonds is 3. The first-order valence-electron chi connectivity index (χ1n) is 5.48. The molecule has 1 heterocycles. The maximum absolute atomic E-state index is 4.32. The fraction of sp³-hybridized carbons (Fsp3) is 0.308. The van der Waals surface area contributed by atoms with E-state index in [2.05, 4.69) is 53.6 Å². The molecule has 0 aliphatic heterocycles. The summed E-state index contributed by atoms with van der Waals surface area (Å²) in [5.74, 6) is 0. The normalized spacial score (nSPS) is 10.7. The van der Waals surface area contributed by atoms with E-state index in [1.54, 1.807) is 0 Å². The SMILES string of the molecule is CNCc1n[nH]c(C)c1-c1ccc(C)cc1. The summed E-state index contributed by atoms with van der Waals surface area (Å²) in [6.45, 7) is 4.94. The van der Waals surface area contributed by atoms with Crippen LogP contribution in [0, 0.1) is 13.8 Å². The van der Waals surface area contributed by atoms with Gasteiger partial charge in [0.15, 0.2) is 0 Å². The Balaban J connectivity index is 2.45. The summed E-state index contributed by atoms with van der Waals surface area (Å²) in [6.07, 6.45) is 0. The van der Waals surface area contributed by atoms with Crippen LogP contribution in [0.25, 0.3) is 11.1 Å². The topological polar surface area (TPSA) is 40.7 Å². The van der Waals surface area contributed by atoms with E-state index in [4.69, 9.17) is 0 Å². The summed E-state index contributed by atoms with van der Waals surface area (Å²) in [5.41, 5.74) is 5.91. The lowest BCUT2D eigenvalue weighted by Crippen LogP contribution is -2.06. The fourth-order valence-electron chi connectivity index (χ4n) is 1.88. The molecule has 0 saturated carbocycles. The van der Waals surface area contributed by atoms with Crippen molar-refractivity contribution < 1.29 is 0 Å². The van der Waals surface area contributed by atoms with Gasteiger partial charge in [0.2, 0.25) is 0 Å². The number of aromatic amines is 1. The van der Waals surface area contributed by atoms with E-state index in [1.165, 1.54) is 16.7 Å². The summed E-state index contributed by atoms with van der Waals surface area (Å²) in [6, 6.07) is 8.55. The van der Waals surface area contributed by atoms with Crippen LogP contribution in [0.4, 0.5) is 0 Å². The molecule has 16 heavy (non-hydrogen) atoms.